The molecule has 2 aliphatic rings. The molecule has 1 saturated heterocycles. The minimum absolute atomic E-state index is 0.115. The van der Waals surface area contributed by atoms with E-state index in [2.05, 4.69) is 16.8 Å². The summed E-state index contributed by atoms with van der Waals surface area (Å²) in [5.41, 5.74) is 7.06. The first kappa shape index (κ1) is 14.0. The maximum atomic E-state index is 12.9. The average Bonchev–Trinajstić information content (AvgIpc) is 2.99. The SMILES string of the molecule is CC(CN1CC2CCCC2C1)C(N)c1ccc(F)cn1. The van der Waals surface area contributed by atoms with E-state index in [0.717, 1.165) is 24.1 Å². The van der Waals surface area contributed by atoms with Crippen LogP contribution >= 0.6 is 0 Å². The second-order valence-electron chi connectivity index (χ2n) is 6.57. The first-order chi connectivity index (χ1) is 9.63. The topological polar surface area (TPSA) is 42.1 Å². The normalized spacial score (nSPS) is 29.4. The molecule has 3 nitrogen and oxygen atoms in total. The number of rotatable bonds is 4. The Labute approximate surface area is 120 Å². The predicted octanol–water partition coefficient (Wildman–Crippen LogP) is 2.59. The highest BCUT2D eigenvalue weighted by Gasteiger charge is 2.36. The van der Waals surface area contributed by atoms with E-state index < -0.39 is 0 Å². The van der Waals surface area contributed by atoms with Gasteiger partial charge in [-0.3, -0.25) is 4.98 Å². The van der Waals surface area contributed by atoms with Gasteiger partial charge >= 0.3 is 0 Å². The van der Waals surface area contributed by atoms with E-state index in [4.69, 9.17) is 5.73 Å². The molecule has 1 aliphatic heterocycles. The van der Waals surface area contributed by atoms with Crippen molar-refractivity contribution in [3.8, 4) is 0 Å². The van der Waals surface area contributed by atoms with Gasteiger partial charge in [-0.2, -0.15) is 0 Å². The smallest absolute Gasteiger partial charge is 0.141 e. The Kier molecular flexibility index (Phi) is 4.03. The third-order valence-electron chi connectivity index (χ3n) is 5.05. The first-order valence-electron chi connectivity index (χ1n) is 7.73. The molecule has 110 valence electrons. The van der Waals surface area contributed by atoms with Crippen molar-refractivity contribution in [2.45, 2.75) is 32.2 Å². The number of hydrogen-bond donors (Lipinski definition) is 1. The van der Waals surface area contributed by atoms with Gasteiger partial charge in [-0.25, -0.2) is 4.39 Å². The summed E-state index contributed by atoms with van der Waals surface area (Å²) in [7, 11) is 0. The summed E-state index contributed by atoms with van der Waals surface area (Å²) < 4.78 is 12.9. The van der Waals surface area contributed by atoms with Crippen molar-refractivity contribution >= 4 is 0 Å². The molecule has 2 fully saturated rings. The molecule has 0 amide bonds. The van der Waals surface area contributed by atoms with Crippen molar-refractivity contribution in [2.75, 3.05) is 19.6 Å². The zero-order valence-electron chi connectivity index (χ0n) is 12.1. The molecule has 1 aromatic rings. The Balaban J connectivity index is 1.56. The molecule has 1 aliphatic carbocycles. The molecule has 4 atom stereocenters. The maximum Gasteiger partial charge on any atom is 0.141 e. The van der Waals surface area contributed by atoms with Gasteiger partial charge in [0, 0.05) is 19.6 Å². The van der Waals surface area contributed by atoms with Gasteiger partial charge in [-0.1, -0.05) is 13.3 Å². The summed E-state index contributed by atoms with van der Waals surface area (Å²) in [4.78, 5) is 6.67. The Bertz CT molecular complexity index is 436. The minimum Gasteiger partial charge on any atom is -0.322 e. The van der Waals surface area contributed by atoms with Gasteiger partial charge in [-0.05, 0) is 42.7 Å². The molecule has 2 N–H and O–H groups in total. The van der Waals surface area contributed by atoms with Crippen molar-refractivity contribution in [2.24, 2.45) is 23.5 Å². The van der Waals surface area contributed by atoms with Crippen LogP contribution in [0.25, 0.3) is 0 Å². The van der Waals surface area contributed by atoms with Crippen molar-refractivity contribution in [3.05, 3.63) is 29.8 Å². The summed E-state index contributed by atoms with van der Waals surface area (Å²) in [6, 6.07) is 3.03. The van der Waals surface area contributed by atoms with Crippen LogP contribution in [0, 0.1) is 23.6 Å². The second kappa shape index (κ2) is 5.78. The van der Waals surface area contributed by atoms with Crippen LogP contribution in [0.4, 0.5) is 4.39 Å². The molecule has 1 saturated carbocycles. The molecular formula is C16H24FN3. The van der Waals surface area contributed by atoms with Gasteiger partial charge < -0.3 is 10.6 Å². The molecule has 20 heavy (non-hydrogen) atoms. The van der Waals surface area contributed by atoms with Crippen molar-refractivity contribution in [1.82, 2.24) is 9.88 Å². The van der Waals surface area contributed by atoms with Crippen LogP contribution in [0.3, 0.4) is 0 Å². The van der Waals surface area contributed by atoms with E-state index in [9.17, 15) is 4.39 Å². The molecule has 0 aromatic carbocycles. The van der Waals surface area contributed by atoms with E-state index in [-0.39, 0.29) is 11.9 Å². The number of halogens is 1. The summed E-state index contributed by atoms with van der Waals surface area (Å²) in [6.45, 7) is 5.66. The van der Waals surface area contributed by atoms with E-state index in [0.29, 0.717) is 5.92 Å². The second-order valence-corrected chi connectivity index (χ2v) is 6.57. The highest BCUT2D eigenvalue weighted by molar-refractivity contribution is 5.10. The number of fused-ring (bicyclic) bond motifs is 1. The van der Waals surface area contributed by atoms with Gasteiger partial charge in [0.15, 0.2) is 0 Å². The molecule has 0 spiro atoms. The molecule has 3 rings (SSSR count). The minimum atomic E-state index is -0.305. The molecule has 2 heterocycles. The zero-order valence-corrected chi connectivity index (χ0v) is 12.1. The van der Waals surface area contributed by atoms with Crippen LogP contribution in [0.2, 0.25) is 0 Å². The number of hydrogen-bond acceptors (Lipinski definition) is 3. The van der Waals surface area contributed by atoms with E-state index in [1.54, 1.807) is 6.07 Å². The quantitative estimate of drug-likeness (QED) is 0.920. The third-order valence-corrected chi connectivity index (χ3v) is 5.05. The molecule has 0 bridgehead atoms. The Morgan fingerprint density at radius 1 is 1.35 bits per heavy atom. The number of likely N-dealkylation sites (tertiary alicyclic amines) is 1. The van der Waals surface area contributed by atoms with Crippen LogP contribution in [0.15, 0.2) is 18.3 Å². The summed E-state index contributed by atoms with van der Waals surface area (Å²) in [5, 5.41) is 0. The Morgan fingerprint density at radius 2 is 2.05 bits per heavy atom. The van der Waals surface area contributed by atoms with Gasteiger partial charge in [-0.15, -0.1) is 0 Å². The lowest BCUT2D eigenvalue weighted by Crippen LogP contribution is -2.33. The van der Waals surface area contributed by atoms with Crippen LogP contribution in [0.5, 0.6) is 0 Å². The first-order valence-corrected chi connectivity index (χ1v) is 7.73. The van der Waals surface area contributed by atoms with Crippen molar-refractivity contribution in [3.63, 3.8) is 0 Å². The standard InChI is InChI=1S/C16H24FN3/c1-11(16(18)15-6-5-14(17)7-19-15)8-20-9-12-3-2-4-13(12)10-20/h5-7,11-13,16H,2-4,8-10,18H2,1H3. The highest BCUT2D eigenvalue weighted by Crippen LogP contribution is 2.38. The highest BCUT2D eigenvalue weighted by atomic mass is 19.1. The summed E-state index contributed by atoms with van der Waals surface area (Å²) in [5.74, 6) is 1.87. The van der Waals surface area contributed by atoms with Gasteiger partial charge in [0.25, 0.3) is 0 Å². The largest absolute Gasteiger partial charge is 0.322 e. The lowest BCUT2D eigenvalue weighted by atomic mass is 9.98. The average molecular weight is 277 g/mol. The fourth-order valence-electron chi connectivity index (χ4n) is 3.88. The number of pyridine rings is 1. The fourth-order valence-corrected chi connectivity index (χ4v) is 3.88. The number of nitrogens with zero attached hydrogens (tertiary/aromatic N) is 2. The molecule has 4 heteroatoms. The summed E-state index contributed by atoms with van der Waals surface area (Å²) >= 11 is 0. The van der Waals surface area contributed by atoms with E-state index >= 15 is 0 Å². The van der Waals surface area contributed by atoms with Gasteiger partial charge in [0.2, 0.25) is 0 Å². The number of nitrogens with two attached hydrogens (primary N) is 1. The predicted molar refractivity (Wildman–Crippen MR) is 77.6 cm³/mol. The Hall–Kier alpha value is -1.00. The lowest BCUT2D eigenvalue weighted by Gasteiger charge is -2.25. The molecular weight excluding hydrogens is 253 g/mol. The lowest BCUT2D eigenvalue weighted by molar-refractivity contribution is 0.247. The Morgan fingerprint density at radius 3 is 2.65 bits per heavy atom. The van der Waals surface area contributed by atoms with Crippen LogP contribution < -0.4 is 5.73 Å². The fraction of sp³-hybridized carbons (Fsp3) is 0.688. The van der Waals surface area contributed by atoms with Crippen molar-refractivity contribution in [1.29, 1.82) is 0 Å². The third kappa shape index (κ3) is 2.86. The summed E-state index contributed by atoms with van der Waals surface area (Å²) in [6.07, 6.45) is 5.47. The van der Waals surface area contributed by atoms with E-state index in [1.807, 2.05) is 0 Å². The molecule has 0 radical (unpaired) electrons. The van der Waals surface area contributed by atoms with Gasteiger partial charge in [0.05, 0.1) is 17.9 Å². The monoisotopic (exact) mass is 277 g/mol. The van der Waals surface area contributed by atoms with Crippen LogP contribution in [-0.2, 0) is 0 Å². The zero-order chi connectivity index (χ0) is 14.1. The number of aromatic nitrogens is 1. The van der Waals surface area contributed by atoms with Gasteiger partial charge in [0.1, 0.15) is 5.82 Å². The molecule has 4 unspecified atom stereocenters. The van der Waals surface area contributed by atoms with Crippen LogP contribution in [-0.4, -0.2) is 29.5 Å². The van der Waals surface area contributed by atoms with Crippen LogP contribution in [0.1, 0.15) is 37.9 Å². The molecule has 1 aromatic heterocycles. The van der Waals surface area contributed by atoms with E-state index in [1.165, 1.54) is 44.6 Å². The maximum absolute atomic E-state index is 12.9. The van der Waals surface area contributed by atoms with Crippen molar-refractivity contribution < 1.29 is 4.39 Å².